The van der Waals surface area contributed by atoms with Crippen LogP contribution in [0.5, 0.6) is 0 Å². The van der Waals surface area contributed by atoms with Gasteiger partial charge in [0, 0.05) is 5.02 Å². The number of nitrogens with one attached hydrogen (secondary N) is 1. The SMILES string of the molecule is CCCCCCC(CNCCC)Cc1cccc(Cl)c1. The number of hydrogen-bond acceptors (Lipinski definition) is 1. The minimum absolute atomic E-state index is 0.733. The van der Waals surface area contributed by atoms with Crippen molar-refractivity contribution in [3.05, 3.63) is 34.9 Å². The lowest BCUT2D eigenvalue weighted by Gasteiger charge is -2.18. The number of unbranched alkanes of at least 4 members (excludes halogenated alkanes) is 3. The van der Waals surface area contributed by atoms with E-state index in [1.807, 2.05) is 6.07 Å². The Balaban J connectivity index is 2.43. The second-order valence-corrected chi connectivity index (χ2v) is 6.19. The van der Waals surface area contributed by atoms with Gasteiger partial charge in [0.2, 0.25) is 0 Å². The summed E-state index contributed by atoms with van der Waals surface area (Å²) in [7, 11) is 0. The summed E-state index contributed by atoms with van der Waals surface area (Å²) in [6, 6.07) is 8.33. The van der Waals surface area contributed by atoms with Crippen molar-refractivity contribution in [3.63, 3.8) is 0 Å². The fourth-order valence-electron chi connectivity index (χ4n) is 2.62. The predicted octanol–water partition coefficient (Wildman–Crippen LogP) is 5.47. The van der Waals surface area contributed by atoms with Crippen LogP contribution in [0.25, 0.3) is 0 Å². The van der Waals surface area contributed by atoms with E-state index >= 15 is 0 Å². The summed E-state index contributed by atoms with van der Waals surface area (Å²) in [6.07, 6.45) is 9.08. The van der Waals surface area contributed by atoms with Crippen molar-refractivity contribution in [1.29, 1.82) is 0 Å². The van der Waals surface area contributed by atoms with Crippen LogP contribution in [0.3, 0.4) is 0 Å². The van der Waals surface area contributed by atoms with Gasteiger partial charge in [0.1, 0.15) is 0 Å². The van der Waals surface area contributed by atoms with Gasteiger partial charge in [-0.15, -0.1) is 0 Å². The first-order valence-corrected chi connectivity index (χ1v) is 8.59. The van der Waals surface area contributed by atoms with Crippen molar-refractivity contribution in [2.24, 2.45) is 5.92 Å². The molecule has 0 heterocycles. The molecule has 1 nitrogen and oxygen atoms in total. The molecule has 1 rings (SSSR count). The van der Waals surface area contributed by atoms with Crippen LogP contribution in [0.4, 0.5) is 0 Å². The molecule has 1 unspecified atom stereocenters. The average Bonchev–Trinajstić information content (AvgIpc) is 2.43. The normalized spacial score (nSPS) is 12.6. The van der Waals surface area contributed by atoms with E-state index in [9.17, 15) is 0 Å². The maximum absolute atomic E-state index is 6.09. The molecule has 1 aromatic carbocycles. The van der Waals surface area contributed by atoms with E-state index in [2.05, 4.69) is 37.4 Å². The fraction of sp³-hybridized carbons (Fsp3) is 0.667. The van der Waals surface area contributed by atoms with Crippen molar-refractivity contribution in [2.45, 2.75) is 58.8 Å². The smallest absolute Gasteiger partial charge is 0.0408 e. The molecule has 0 aromatic heterocycles. The van der Waals surface area contributed by atoms with Crippen LogP contribution in [0.15, 0.2) is 24.3 Å². The van der Waals surface area contributed by atoms with Gasteiger partial charge in [-0.2, -0.15) is 0 Å². The van der Waals surface area contributed by atoms with Crippen molar-refractivity contribution in [2.75, 3.05) is 13.1 Å². The Morgan fingerprint density at radius 2 is 1.95 bits per heavy atom. The molecule has 0 saturated carbocycles. The Kier molecular flexibility index (Phi) is 9.78. The van der Waals surface area contributed by atoms with Crippen molar-refractivity contribution in [1.82, 2.24) is 5.32 Å². The monoisotopic (exact) mass is 295 g/mol. The first-order valence-electron chi connectivity index (χ1n) is 8.21. The minimum Gasteiger partial charge on any atom is -0.316 e. The first kappa shape index (κ1) is 17.5. The molecule has 0 bridgehead atoms. The van der Waals surface area contributed by atoms with Gasteiger partial charge in [-0.1, -0.05) is 63.3 Å². The number of hydrogen-bond donors (Lipinski definition) is 1. The predicted molar refractivity (Wildman–Crippen MR) is 90.6 cm³/mol. The molecular formula is C18H30ClN. The number of rotatable bonds is 11. The zero-order valence-electron chi connectivity index (χ0n) is 13.1. The lowest BCUT2D eigenvalue weighted by molar-refractivity contribution is 0.422. The molecule has 1 N–H and O–H groups in total. The van der Waals surface area contributed by atoms with Crippen LogP contribution in [-0.2, 0) is 6.42 Å². The van der Waals surface area contributed by atoms with Gasteiger partial charge in [0.25, 0.3) is 0 Å². The molecule has 2 heteroatoms. The molecule has 0 aliphatic rings. The van der Waals surface area contributed by atoms with Crippen molar-refractivity contribution in [3.8, 4) is 0 Å². The molecule has 0 saturated heterocycles. The van der Waals surface area contributed by atoms with Crippen molar-refractivity contribution < 1.29 is 0 Å². The van der Waals surface area contributed by atoms with Gasteiger partial charge in [-0.3, -0.25) is 0 Å². The van der Waals surface area contributed by atoms with E-state index in [1.54, 1.807) is 0 Å². The zero-order chi connectivity index (χ0) is 14.6. The minimum atomic E-state index is 0.733. The zero-order valence-corrected chi connectivity index (χ0v) is 13.9. The summed E-state index contributed by atoms with van der Waals surface area (Å²) in [5.41, 5.74) is 1.37. The van der Waals surface area contributed by atoms with Gasteiger partial charge < -0.3 is 5.32 Å². The molecule has 1 aromatic rings. The van der Waals surface area contributed by atoms with Gasteiger partial charge in [-0.25, -0.2) is 0 Å². The third kappa shape index (κ3) is 7.91. The third-order valence-electron chi connectivity index (χ3n) is 3.74. The van der Waals surface area contributed by atoms with E-state index in [4.69, 9.17) is 11.6 Å². The summed E-state index contributed by atoms with van der Waals surface area (Å²) >= 11 is 6.09. The fourth-order valence-corrected chi connectivity index (χ4v) is 2.83. The Bertz CT molecular complexity index is 351. The van der Waals surface area contributed by atoms with Crippen LogP contribution >= 0.6 is 11.6 Å². The molecule has 0 amide bonds. The maximum atomic E-state index is 6.09. The highest BCUT2D eigenvalue weighted by Crippen LogP contribution is 2.18. The summed E-state index contributed by atoms with van der Waals surface area (Å²) in [6.45, 7) is 6.75. The van der Waals surface area contributed by atoms with Gasteiger partial charge in [-0.05, 0) is 56.0 Å². The second kappa shape index (κ2) is 11.2. The molecule has 0 spiro atoms. The van der Waals surface area contributed by atoms with Gasteiger partial charge in [0.15, 0.2) is 0 Å². The van der Waals surface area contributed by atoms with E-state index in [1.165, 1.54) is 44.1 Å². The topological polar surface area (TPSA) is 12.0 Å². The highest BCUT2D eigenvalue weighted by atomic mass is 35.5. The van der Waals surface area contributed by atoms with Crippen LogP contribution in [0, 0.1) is 5.92 Å². The van der Waals surface area contributed by atoms with Gasteiger partial charge in [0.05, 0.1) is 0 Å². The molecular weight excluding hydrogens is 266 g/mol. The largest absolute Gasteiger partial charge is 0.316 e. The maximum Gasteiger partial charge on any atom is 0.0408 e. The Morgan fingerprint density at radius 1 is 1.10 bits per heavy atom. The van der Waals surface area contributed by atoms with Crippen molar-refractivity contribution >= 4 is 11.6 Å². The number of halogens is 1. The summed E-state index contributed by atoms with van der Waals surface area (Å²) < 4.78 is 0. The second-order valence-electron chi connectivity index (χ2n) is 5.75. The van der Waals surface area contributed by atoms with Crippen LogP contribution in [0.2, 0.25) is 5.02 Å². The van der Waals surface area contributed by atoms with Crippen LogP contribution in [0.1, 0.15) is 57.9 Å². The van der Waals surface area contributed by atoms with Crippen LogP contribution < -0.4 is 5.32 Å². The van der Waals surface area contributed by atoms with E-state index in [0.29, 0.717) is 0 Å². The average molecular weight is 296 g/mol. The number of benzene rings is 1. The molecule has 1 atom stereocenters. The lowest BCUT2D eigenvalue weighted by atomic mass is 9.93. The Labute approximate surface area is 130 Å². The highest BCUT2D eigenvalue weighted by Gasteiger charge is 2.09. The standard InChI is InChI=1S/C18H30ClN/c1-3-5-6-7-9-17(15-20-12-4-2)13-16-10-8-11-18(19)14-16/h8,10-11,14,17,20H,3-7,9,12-13,15H2,1-2H3. The Morgan fingerprint density at radius 3 is 2.65 bits per heavy atom. The van der Waals surface area contributed by atoms with Crippen LogP contribution in [-0.4, -0.2) is 13.1 Å². The molecule has 0 radical (unpaired) electrons. The lowest BCUT2D eigenvalue weighted by Crippen LogP contribution is -2.25. The van der Waals surface area contributed by atoms with E-state index in [-0.39, 0.29) is 0 Å². The first-order chi connectivity index (χ1) is 9.76. The molecule has 114 valence electrons. The molecule has 20 heavy (non-hydrogen) atoms. The molecule has 0 aliphatic carbocycles. The quantitative estimate of drug-likeness (QED) is 0.534. The summed E-state index contributed by atoms with van der Waals surface area (Å²) in [5, 5.41) is 4.43. The van der Waals surface area contributed by atoms with E-state index < -0.39 is 0 Å². The summed E-state index contributed by atoms with van der Waals surface area (Å²) in [4.78, 5) is 0. The molecule has 0 aliphatic heterocycles. The summed E-state index contributed by atoms with van der Waals surface area (Å²) in [5.74, 6) is 0.733. The van der Waals surface area contributed by atoms with E-state index in [0.717, 1.165) is 30.5 Å². The highest BCUT2D eigenvalue weighted by molar-refractivity contribution is 6.30. The van der Waals surface area contributed by atoms with Gasteiger partial charge >= 0.3 is 0 Å². The third-order valence-corrected chi connectivity index (χ3v) is 3.97. The molecule has 0 fully saturated rings. The Hall–Kier alpha value is -0.530.